The van der Waals surface area contributed by atoms with Crippen LogP contribution >= 0.6 is 0 Å². The third-order valence-corrected chi connectivity index (χ3v) is 5.87. The van der Waals surface area contributed by atoms with Gasteiger partial charge in [0.15, 0.2) is 0 Å². The number of ether oxygens (including phenoxy) is 1. The molecule has 2 aromatic carbocycles. The first-order valence-corrected chi connectivity index (χ1v) is 10.2. The molecule has 0 heterocycles. The molecule has 0 amide bonds. The fourth-order valence-electron chi connectivity index (χ4n) is 4.33. The van der Waals surface area contributed by atoms with Gasteiger partial charge in [0, 0.05) is 11.1 Å². The summed E-state index contributed by atoms with van der Waals surface area (Å²) in [5.41, 5.74) is 3.59. The third kappa shape index (κ3) is 4.11. The molecule has 0 radical (unpaired) electrons. The average Bonchev–Trinajstić information content (AvgIpc) is 2.67. The Morgan fingerprint density at radius 2 is 1.65 bits per heavy atom. The zero-order chi connectivity index (χ0) is 18.5. The van der Waals surface area contributed by atoms with E-state index >= 15 is 0 Å². The molecule has 0 spiro atoms. The first-order valence-electron chi connectivity index (χ1n) is 10.2. The lowest BCUT2D eigenvalue weighted by Crippen LogP contribution is -2.13. The van der Waals surface area contributed by atoms with Crippen LogP contribution in [-0.2, 0) is 0 Å². The lowest BCUT2D eigenvalue weighted by atomic mass is 9.77. The van der Waals surface area contributed by atoms with Crippen LogP contribution in [0.2, 0.25) is 0 Å². The Hall–Kier alpha value is -1.83. The molecule has 0 bridgehead atoms. The number of benzene rings is 2. The SMILES string of the molecule is CCCC1CCC(c2ccc(-c3ccc(OCC)c(C)c3F)cc2)CC1. The summed E-state index contributed by atoms with van der Waals surface area (Å²) in [7, 11) is 0. The molecule has 0 unspecified atom stereocenters. The van der Waals surface area contributed by atoms with Crippen molar-refractivity contribution in [2.24, 2.45) is 5.92 Å². The molecule has 1 fully saturated rings. The van der Waals surface area contributed by atoms with E-state index in [2.05, 4.69) is 31.2 Å². The Morgan fingerprint density at radius 1 is 0.962 bits per heavy atom. The molecule has 2 aromatic rings. The van der Waals surface area contributed by atoms with Gasteiger partial charge in [0.1, 0.15) is 11.6 Å². The summed E-state index contributed by atoms with van der Waals surface area (Å²) < 4.78 is 20.3. The summed E-state index contributed by atoms with van der Waals surface area (Å²) in [6, 6.07) is 12.3. The van der Waals surface area contributed by atoms with Crippen molar-refractivity contribution in [1.29, 1.82) is 0 Å². The van der Waals surface area contributed by atoms with E-state index in [0.29, 0.717) is 29.4 Å². The second kappa shape index (κ2) is 8.70. The smallest absolute Gasteiger partial charge is 0.137 e. The van der Waals surface area contributed by atoms with E-state index in [1.54, 1.807) is 6.92 Å². The van der Waals surface area contributed by atoms with Gasteiger partial charge in [-0.3, -0.25) is 0 Å². The van der Waals surface area contributed by atoms with E-state index in [0.717, 1.165) is 11.5 Å². The molecule has 1 saturated carbocycles. The predicted molar refractivity (Wildman–Crippen MR) is 107 cm³/mol. The topological polar surface area (TPSA) is 9.23 Å². The van der Waals surface area contributed by atoms with E-state index in [1.807, 2.05) is 19.1 Å². The first-order chi connectivity index (χ1) is 12.6. The highest BCUT2D eigenvalue weighted by Gasteiger charge is 2.22. The largest absolute Gasteiger partial charge is 0.493 e. The molecule has 0 saturated heterocycles. The highest BCUT2D eigenvalue weighted by atomic mass is 19.1. The van der Waals surface area contributed by atoms with Crippen LogP contribution in [0.1, 0.15) is 69.4 Å². The monoisotopic (exact) mass is 354 g/mol. The van der Waals surface area contributed by atoms with Gasteiger partial charge in [0.2, 0.25) is 0 Å². The molecule has 1 aliphatic rings. The second-order valence-corrected chi connectivity index (χ2v) is 7.61. The van der Waals surface area contributed by atoms with Crippen LogP contribution in [0.15, 0.2) is 36.4 Å². The molecule has 0 aliphatic heterocycles. The Balaban J connectivity index is 1.73. The molecule has 26 heavy (non-hydrogen) atoms. The van der Waals surface area contributed by atoms with E-state index in [9.17, 15) is 4.39 Å². The van der Waals surface area contributed by atoms with Crippen LogP contribution in [0, 0.1) is 18.7 Å². The summed E-state index contributed by atoms with van der Waals surface area (Å²) in [6.07, 6.45) is 7.97. The van der Waals surface area contributed by atoms with Gasteiger partial charge in [0.25, 0.3) is 0 Å². The maximum absolute atomic E-state index is 14.8. The summed E-state index contributed by atoms with van der Waals surface area (Å²) in [4.78, 5) is 0. The molecule has 1 nitrogen and oxygen atoms in total. The minimum atomic E-state index is -0.177. The summed E-state index contributed by atoms with van der Waals surface area (Å²) >= 11 is 0. The standard InChI is InChI=1S/C24H31FO/c1-4-6-18-7-9-19(10-8-18)20-11-13-21(14-12-20)22-15-16-23(26-5-2)17(3)24(22)25/h11-16,18-19H,4-10H2,1-3H3. The highest BCUT2D eigenvalue weighted by Crippen LogP contribution is 2.38. The van der Waals surface area contributed by atoms with Gasteiger partial charge >= 0.3 is 0 Å². The Bertz CT molecular complexity index is 712. The molecule has 3 rings (SSSR count). The predicted octanol–water partition coefficient (Wildman–Crippen LogP) is 7.27. The number of hydrogen-bond acceptors (Lipinski definition) is 1. The summed E-state index contributed by atoms with van der Waals surface area (Å²) in [5.74, 6) is 2.05. The molecule has 0 atom stereocenters. The summed E-state index contributed by atoms with van der Waals surface area (Å²) in [6.45, 7) is 6.54. The van der Waals surface area contributed by atoms with Crippen molar-refractivity contribution in [2.75, 3.05) is 6.61 Å². The van der Waals surface area contributed by atoms with Crippen molar-refractivity contribution in [1.82, 2.24) is 0 Å². The minimum absolute atomic E-state index is 0.177. The molecular formula is C24H31FO. The van der Waals surface area contributed by atoms with Gasteiger partial charge in [-0.05, 0) is 74.6 Å². The van der Waals surface area contributed by atoms with Gasteiger partial charge in [-0.25, -0.2) is 4.39 Å². The maximum atomic E-state index is 14.8. The van der Waals surface area contributed by atoms with Crippen LogP contribution in [0.3, 0.4) is 0 Å². The van der Waals surface area contributed by atoms with Crippen molar-refractivity contribution >= 4 is 0 Å². The fraction of sp³-hybridized carbons (Fsp3) is 0.500. The zero-order valence-corrected chi connectivity index (χ0v) is 16.4. The first kappa shape index (κ1) is 18.9. The van der Waals surface area contributed by atoms with E-state index in [1.165, 1.54) is 44.1 Å². The molecule has 140 valence electrons. The van der Waals surface area contributed by atoms with Crippen molar-refractivity contribution in [3.8, 4) is 16.9 Å². The van der Waals surface area contributed by atoms with E-state index in [-0.39, 0.29) is 5.82 Å². The maximum Gasteiger partial charge on any atom is 0.137 e. The van der Waals surface area contributed by atoms with Crippen LogP contribution in [-0.4, -0.2) is 6.61 Å². The molecule has 2 heteroatoms. The lowest BCUT2D eigenvalue weighted by Gasteiger charge is -2.28. The Kier molecular flexibility index (Phi) is 6.34. The van der Waals surface area contributed by atoms with Crippen molar-refractivity contribution in [3.05, 3.63) is 53.3 Å². The minimum Gasteiger partial charge on any atom is -0.493 e. The quantitative estimate of drug-likeness (QED) is 0.530. The average molecular weight is 355 g/mol. The van der Waals surface area contributed by atoms with Gasteiger partial charge in [-0.15, -0.1) is 0 Å². The molecule has 0 N–H and O–H groups in total. The van der Waals surface area contributed by atoms with Crippen LogP contribution in [0.5, 0.6) is 5.75 Å². The van der Waals surface area contributed by atoms with E-state index < -0.39 is 0 Å². The van der Waals surface area contributed by atoms with E-state index in [4.69, 9.17) is 4.74 Å². The van der Waals surface area contributed by atoms with Gasteiger partial charge < -0.3 is 4.74 Å². The number of halogens is 1. The van der Waals surface area contributed by atoms with Crippen LogP contribution in [0.25, 0.3) is 11.1 Å². The van der Waals surface area contributed by atoms with Gasteiger partial charge in [0.05, 0.1) is 6.61 Å². The van der Waals surface area contributed by atoms with Crippen molar-refractivity contribution < 1.29 is 9.13 Å². The van der Waals surface area contributed by atoms with Crippen LogP contribution < -0.4 is 4.74 Å². The van der Waals surface area contributed by atoms with Gasteiger partial charge in [-0.1, -0.05) is 44.0 Å². The van der Waals surface area contributed by atoms with Crippen molar-refractivity contribution in [3.63, 3.8) is 0 Å². The van der Waals surface area contributed by atoms with Crippen LogP contribution in [0.4, 0.5) is 4.39 Å². The van der Waals surface area contributed by atoms with Gasteiger partial charge in [-0.2, -0.15) is 0 Å². The zero-order valence-electron chi connectivity index (χ0n) is 16.4. The lowest BCUT2D eigenvalue weighted by molar-refractivity contribution is 0.308. The normalized spacial score (nSPS) is 20.2. The number of rotatable bonds is 6. The van der Waals surface area contributed by atoms with Crippen molar-refractivity contribution in [2.45, 2.75) is 65.2 Å². The third-order valence-electron chi connectivity index (χ3n) is 5.87. The molecule has 1 aliphatic carbocycles. The number of hydrogen-bond donors (Lipinski definition) is 0. The Labute approximate surface area is 157 Å². The second-order valence-electron chi connectivity index (χ2n) is 7.61. The summed E-state index contributed by atoms with van der Waals surface area (Å²) in [5, 5.41) is 0. The Morgan fingerprint density at radius 3 is 2.27 bits per heavy atom. The molecule has 0 aromatic heterocycles. The molecular weight excluding hydrogens is 323 g/mol. The highest BCUT2D eigenvalue weighted by molar-refractivity contribution is 5.67. The fourth-order valence-corrected chi connectivity index (χ4v) is 4.33.